The van der Waals surface area contributed by atoms with Crippen LogP contribution in [0.4, 0.5) is 0 Å². The fourth-order valence-electron chi connectivity index (χ4n) is 1.51. The predicted molar refractivity (Wildman–Crippen MR) is 74.7 cm³/mol. The molecular formula is C13H16N4OS. The lowest BCUT2D eigenvalue weighted by molar-refractivity contribution is 0.0946. The zero-order valence-electron chi connectivity index (χ0n) is 10.7. The third-order valence-corrected chi connectivity index (χ3v) is 3.66. The first-order chi connectivity index (χ1) is 9.20. The molecule has 0 saturated carbocycles. The maximum Gasteiger partial charge on any atom is 0.271 e. The number of hydrogen-bond donors (Lipinski definition) is 2. The maximum absolute atomic E-state index is 11.9. The van der Waals surface area contributed by atoms with Crippen LogP contribution in [0.15, 0.2) is 29.9 Å². The minimum atomic E-state index is -0.186. The quantitative estimate of drug-likeness (QED) is 0.873. The van der Waals surface area contributed by atoms with Gasteiger partial charge in [0.25, 0.3) is 5.91 Å². The highest BCUT2D eigenvalue weighted by Gasteiger charge is 2.13. The highest BCUT2D eigenvalue weighted by atomic mass is 32.1. The minimum absolute atomic E-state index is 0.0927. The Labute approximate surface area is 115 Å². The molecule has 0 fully saturated rings. The molecule has 100 valence electrons. The summed E-state index contributed by atoms with van der Waals surface area (Å²) in [4.78, 5) is 20.2. The molecule has 2 rings (SSSR count). The van der Waals surface area contributed by atoms with Crippen LogP contribution >= 0.6 is 11.3 Å². The molecular weight excluding hydrogens is 260 g/mol. The summed E-state index contributed by atoms with van der Waals surface area (Å²) in [5.74, 6) is -0.186. The smallest absolute Gasteiger partial charge is 0.271 e. The number of pyridine rings is 1. The molecule has 2 aromatic heterocycles. The molecule has 0 saturated heterocycles. The average Bonchev–Trinajstić information content (AvgIpc) is 2.95. The van der Waals surface area contributed by atoms with Gasteiger partial charge in [-0.15, -0.1) is 11.3 Å². The molecule has 1 unspecified atom stereocenters. The van der Waals surface area contributed by atoms with E-state index in [0.717, 1.165) is 17.0 Å². The SMILES string of the molecule is CCC(N)c1nc(C(=O)NCc2cccnc2)cs1. The number of aromatic nitrogens is 2. The molecule has 0 bridgehead atoms. The Hall–Kier alpha value is -1.79. The number of rotatable bonds is 5. The monoisotopic (exact) mass is 276 g/mol. The minimum Gasteiger partial charge on any atom is -0.347 e. The molecule has 5 nitrogen and oxygen atoms in total. The second-order valence-electron chi connectivity index (χ2n) is 4.13. The number of nitrogens with zero attached hydrogens (tertiary/aromatic N) is 2. The Kier molecular flexibility index (Phi) is 4.59. The molecule has 3 N–H and O–H groups in total. The number of nitrogens with two attached hydrogens (primary N) is 1. The number of hydrogen-bond acceptors (Lipinski definition) is 5. The molecule has 1 amide bonds. The van der Waals surface area contributed by atoms with Crippen molar-refractivity contribution in [3.05, 3.63) is 46.2 Å². The van der Waals surface area contributed by atoms with E-state index in [2.05, 4.69) is 15.3 Å². The van der Waals surface area contributed by atoms with E-state index >= 15 is 0 Å². The van der Waals surface area contributed by atoms with E-state index in [-0.39, 0.29) is 11.9 Å². The number of carbonyl (C=O) groups excluding carboxylic acids is 1. The van der Waals surface area contributed by atoms with E-state index in [1.165, 1.54) is 11.3 Å². The van der Waals surface area contributed by atoms with Gasteiger partial charge in [0.05, 0.1) is 6.04 Å². The normalized spacial score (nSPS) is 12.1. The zero-order valence-corrected chi connectivity index (χ0v) is 11.5. The third kappa shape index (κ3) is 3.59. The van der Waals surface area contributed by atoms with Crippen molar-refractivity contribution < 1.29 is 4.79 Å². The van der Waals surface area contributed by atoms with E-state index < -0.39 is 0 Å². The van der Waals surface area contributed by atoms with Crippen molar-refractivity contribution in [1.29, 1.82) is 0 Å². The Morgan fingerprint density at radius 3 is 3.11 bits per heavy atom. The van der Waals surface area contributed by atoms with Gasteiger partial charge in [0.15, 0.2) is 0 Å². The lowest BCUT2D eigenvalue weighted by Gasteiger charge is -2.04. The van der Waals surface area contributed by atoms with Crippen LogP contribution in [-0.2, 0) is 6.54 Å². The van der Waals surface area contributed by atoms with Gasteiger partial charge in [0.1, 0.15) is 10.7 Å². The van der Waals surface area contributed by atoms with Gasteiger partial charge in [-0.2, -0.15) is 0 Å². The topological polar surface area (TPSA) is 80.9 Å². The van der Waals surface area contributed by atoms with Gasteiger partial charge in [0, 0.05) is 24.3 Å². The summed E-state index contributed by atoms with van der Waals surface area (Å²) >= 11 is 1.42. The molecule has 2 heterocycles. The van der Waals surface area contributed by atoms with E-state index in [4.69, 9.17) is 5.73 Å². The molecule has 0 aliphatic rings. The summed E-state index contributed by atoms with van der Waals surface area (Å²) < 4.78 is 0. The van der Waals surface area contributed by atoms with Crippen molar-refractivity contribution >= 4 is 17.2 Å². The Bertz CT molecular complexity index is 541. The predicted octanol–water partition coefficient (Wildman–Crippen LogP) is 1.88. The van der Waals surface area contributed by atoms with Crippen LogP contribution in [0.3, 0.4) is 0 Å². The van der Waals surface area contributed by atoms with Gasteiger partial charge in [0.2, 0.25) is 0 Å². The first-order valence-electron chi connectivity index (χ1n) is 6.08. The summed E-state index contributed by atoms with van der Waals surface area (Å²) in [7, 11) is 0. The first-order valence-corrected chi connectivity index (χ1v) is 6.96. The molecule has 19 heavy (non-hydrogen) atoms. The Balaban J connectivity index is 1.95. The summed E-state index contributed by atoms with van der Waals surface area (Å²) in [6, 6.07) is 3.65. The fourth-order valence-corrected chi connectivity index (χ4v) is 2.40. The summed E-state index contributed by atoms with van der Waals surface area (Å²) in [5.41, 5.74) is 7.26. The Morgan fingerprint density at radius 1 is 1.58 bits per heavy atom. The number of nitrogens with one attached hydrogen (secondary N) is 1. The van der Waals surface area contributed by atoms with Crippen LogP contribution in [0.2, 0.25) is 0 Å². The van der Waals surface area contributed by atoms with Gasteiger partial charge in [-0.25, -0.2) is 4.98 Å². The Morgan fingerprint density at radius 2 is 2.42 bits per heavy atom. The summed E-state index contributed by atoms with van der Waals surface area (Å²) in [5, 5.41) is 5.35. The summed E-state index contributed by atoms with van der Waals surface area (Å²) in [6.07, 6.45) is 4.23. The van der Waals surface area contributed by atoms with Crippen molar-refractivity contribution in [1.82, 2.24) is 15.3 Å². The van der Waals surface area contributed by atoms with E-state index in [1.54, 1.807) is 17.8 Å². The van der Waals surface area contributed by atoms with Crippen LogP contribution < -0.4 is 11.1 Å². The standard InChI is InChI=1S/C13H16N4OS/c1-2-10(14)13-17-11(8-19-13)12(18)16-7-9-4-3-5-15-6-9/h3-6,8,10H,2,7,14H2,1H3,(H,16,18). The maximum atomic E-state index is 11.9. The molecule has 6 heteroatoms. The second-order valence-corrected chi connectivity index (χ2v) is 5.02. The highest BCUT2D eigenvalue weighted by Crippen LogP contribution is 2.18. The van der Waals surface area contributed by atoms with E-state index in [0.29, 0.717) is 12.2 Å². The molecule has 0 aliphatic carbocycles. The van der Waals surface area contributed by atoms with Gasteiger partial charge < -0.3 is 11.1 Å². The molecule has 2 aromatic rings. The first kappa shape index (κ1) is 13.6. The van der Waals surface area contributed by atoms with Crippen LogP contribution in [0.5, 0.6) is 0 Å². The van der Waals surface area contributed by atoms with Gasteiger partial charge in [-0.05, 0) is 18.1 Å². The summed E-state index contributed by atoms with van der Waals surface area (Å²) in [6.45, 7) is 2.44. The molecule has 0 spiro atoms. The van der Waals surface area contributed by atoms with Crippen molar-refractivity contribution in [2.45, 2.75) is 25.9 Å². The number of carbonyl (C=O) groups is 1. The van der Waals surface area contributed by atoms with Crippen LogP contribution in [-0.4, -0.2) is 15.9 Å². The van der Waals surface area contributed by atoms with Gasteiger partial charge in [-0.1, -0.05) is 13.0 Å². The van der Waals surface area contributed by atoms with Gasteiger partial charge in [-0.3, -0.25) is 9.78 Å². The average molecular weight is 276 g/mol. The fraction of sp³-hybridized carbons (Fsp3) is 0.308. The van der Waals surface area contributed by atoms with Crippen molar-refractivity contribution in [3.63, 3.8) is 0 Å². The lowest BCUT2D eigenvalue weighted by atomic mass is 10.2. The third-order valence-electron chi connectivity index (χ3n) is 2.69. The van der Waals surface area contributed by atoms with Crippen molar-refractivity contribution in [2.75, 3.05) is 0 Å². The molecule has 0 aromatic carbocycles. The number of thiazole rings is 1. The number of amides is 1. The zero-order chi connectivity index (χ0) is 13.7. The van der Waals surface area contributed by atoms with Crippen LogP contribution in [0, 0.1) is 0 Å². The lowest BCUT2D eigenvalue weighted by Crippen LogP contribution is -2.23. The van der Waals surface area contributed by atoms with Crippen molar-refractivity contribution in [2.24, 2.45) is 5.73 Å². The van der Waals surface area contributed by atoms with Crippen molar-refractivity contribution in [3.8, 4) is 0 Å². The van der Waals surface area contributed by atoms with E-state index in [1.807, 2.05) is 19.1 Å². The van der Waals surface area contributed by atoms with Crippen LogP contribution in [0.1, 0.15) is 40.4 Å². The largest absolute Gasteiger partial charge is 0.347 e. The second kappa shape index (κ2) is 6.40. The van der Waals surface area contributed by atoms with Crippen LogP contribution in [0.25, 0.3) is 0 Å². The highest BCUT2D eigenvalue weighted by molar-refractivity contribution is 7.09. The molecule has 0 aliphatic heterocycles. The van der Waals surface area contributed by atoms with Gasteiger partial charge >= 0.3 is 0 Å². The molecule has 1 atom stereocenters. The molecule has 0 radical (unpaired) electrons. The van der Waals surface area contributed by atoms with E-state index in [9.17, 15) is 4.79 Å².